The van der Waals surface area contributed by atoms with E-state index in [9.17, 15) is 4.79 Å². The molecule has 5 heteroatoms. The van der Waals surface area contributed by atoms with Gasteiger partial charge in [-0.2, -0.15) is 5.26 Å². The molecule has 1 heterocycles. The smallest absolute Gasteiger partial charge is 0.341 e. The summed E-state index contributed by atoms with van der Waals surface area (Å²) in [4.78, 5) is 14.7. The molecule has 0 fully saturated rings. The fourth-order valence-corrected chi connectivity index (χ4v) is 0.990. The highest BCUT2D eigenvalue weighted by Gasteiger charge is 2.11. The van der Waals surface area contributed by atoms with E-state index < -0.39 is 5.97 Å². The predicted octanol–water partition coefficient (Wildman–Crippen LogP) is 1.39. The Labute approximate surface area is 79.7 Å². The highest BCUT2D eigenvalue weighted by Crippen LogP contribution is 2.14. The number of nitriles is 1. The third kappa shape index (κ3) is 1.95. The number of esters is 1. The quantitative estimate of drug-likeness (QED) is 0.503. The lowest BCUT2D eigenvalue weighted by molar-refractivity contribution is 0.0600. The first kappa shape index (κ1) is 9.49. The summed E-state index contributed by atoms with van der Waals surface area (Å²) in [5, 5.41) is 8.44. The van der Waals surface area contributed by atoms with Crippen molar-refractivity contribution < 1.29 is 9.53 Å². The van der Waals surface area contributed by atoms with Crippen LogP contribution in [0.25, 0.3) is 0 Å². The summed E-state index contributed by atoms with van der Waals surface area (Å²) in [5.41, 5.74) is 0.320. The Morgan fingerprint density at radius 1 is 1.69 bits per heavy atom. The molecule has 0 N–H and O–H groups in total. The van der Waals surface area contributed by atoms with Crippen LogP contribution in [0.4, 0.5) is 0 Å². The Kier molecular flexibility index (Phi) is 2.83. The molecule has 0 radical (unpaired) electrons. The molecule has 0 aliphatic rings. The lowest BCUT2D eigenvalue weighted by atomic mass is 10.2. The molecule has 13 heavy (non-hydrogen) atoms. The number of aromatic nitrogens is 1. The second-order valence-electron chi connectivity index (χ2n) is 2.14. The van der Waals surface area contributed by atoms with Crippen molar-refractivity contribution in [3.8, 4) is 6.07 Å². The van der Waals surface area contributed by atoms with Crippen LogP contribution >= 0.6 is 11.6 Å². The van der Waals surface area contributed by atoms with Crippen molar-refractivity contribution in [2.75, 3.05) is 7.11 Å². The van der Waals surface area contributed by atoms with Crippen molar-refractivity contribution in [1.82, 2.24) is 4.98 Å². The Bertz CT molecular complexity index is 384. The zero-order valence-corrected chi connectivity index (χ0v) is 7.50. The second-order valence-corrected chi connectivity index (χ2v) is 2.50. The van der Waals surface area contributed by atoms with Crippen LogP contribution in [-0.4, -0.2) is 18.1 Å². The number of rotatable bonds is 1. The first-order valence-electron chi connectivity index (χ1n) is 3.34. The van der Waals surface area contributed by atoms with Crippen LogP contribution in [0.3, 0.4) is 0 Å². The SMILES string of the molecule is COC(=O)c1ccc(C#N)nc1Cl. The lowest BCUT2D eigenvalue weighted by Gasteiger charge is -2.00. The summed E-state index contributed by atoms with van der Waals surface area (Å²) >= 11 is 5.62. The van der Waals surface area contributed by atoms with Crippen LogP contribution in [0, 0.1) is 11.3 Å². The molecule has 0 aliphatic carbocycles. The number of halogens is 1. The van der Waals surface area contributed by atoms with E-state index in [-0.39, 0.29) is 16.4 Å². The molecule has 1 aromatic heterocycles. The van der Waals surface area contributed by atoms with Gasteiger partial charge in [0.1, 0.15) is 16.9 Å². The van der Waals surface area contributed by atoms with Crippen molar-refractivity contribution in [2.45, 2.75) is 0 Å². The zero-order chi connectivity index (χ0) is 9.84. The van der Waals surface area contributed by atoms with Crippen molar-refractivity contribution in [3.05, 3.63) is 28.5 Å². The first-order valence-corrected chi connectivity index (χ1v) is 3.71. The van der Waals surface area contributed by atoms with Crippen molar-refractivity contribution in [2.24, 2.45) is 0 Å². The molecular formula is C8H5ClN2O2. The maximum Gasteiger partial charge on any atom is 0.341 e. The van der Waals surface area contributed by atoms with Gasteiger partial charge in [0.15, 0.2) is 0 Å². The average Bonchev–Trinajstić information content (AvgIpc) is 2.16. The van der Waals surface area contributed by atoms with E-state index in [1.54, 1.807) is 6.07 Å². The van der Waals surface area contributed by atoms with Gasteiger partial charge in [-0.1, -0.05) is 11.6 Å². The molecule has 0 atom stereocenters. The largest absolute Gasteiger partial charge is 0.465 e. The third-order valence-corrected chi connectivity index (χ3v) is 1.66. The Hall–Kier alpha value is -1.60. The molecule has 0 aromatic carbocycles. The average molecular weight is 197 g/mol. The maximum atomic E-state index is 11.0. The molecule has 0 aliphatic heterocycles. The van der Waals surface area contributed by atoms with E-state index in [4.69, 9.17) is 16.9 Å². The van der Waals surface area contributed by atoms with Gasteiger partial charge in [-0.3, -0.25) is 0 Å². The molecule has 66 valence electrons. The summed E-state index contributed by atoms with van der Waals surface area (Å²) in [7, 11) is 1.25. The van der Waals surface area contributed by atoms with Gasteiger partial charge in [0, 0.05) is 0 Å². The molecule has 1 rings (SSSR count). The lowest BCUT2D eigenvalue weighted by Crippen LogP contribution is -2.03. The topological polar surface area (TPSA) is 63.0 Å². The van der Waals surface area contributed by atoms with Crippen LogP contribution in [0.2, 0.25) is 5.15 Å². The van der Waals surface area contributed by atoms with Gasteiger partial charge in [0.2, 0.25) is 0 Å². The standard InChI is InChI=1S/C8H5ClN2O2/c1-13-8(12)6-3-2-5(4-10)11-7(6)9/h2-3H,1H3. The molecule has 0 unspecified atom stereocenters. The van der Waals surface area contributed by atoms with Crippen molar-refractivity contribution >= 4 is 17.6 Å². The molecule has 4 nitrogen and oxygen atoms in total. The van der Waals surface area contributed by atoms with Crippen molar-refractivity contribution in [3.63, 3.8) is 0 Å². The third-order valence-electron chi connectivity index (χ3n) is 1.37. The Morgan fingerprint density at radius 3 is 2.85 bits per heavy atom. The van der Waals surface area contributed by atoms with E-state index in [0.717, 1.165) is 0 Å². The minimum atomic E-state index is -0.568. The number of ether oxygens (including phenoxy) is 1. The van der Waals surface area contributed by atoms with Gasteiger partial charge < -0.3 is 4.74 Å². The molecule has 0 spiro atoms. The second kappa shape index (κ2) is 3.87. The zero-order valence-electron chi connectivity index (χ0n) is 6.74. The van der Waals surface area contributed by atoms with Gasteiger partial charge in [-0.15, -0.1) is 0 Å². The number of hydrogen-bond donors (Lipinski definition) is 0. The number of carbonyl (C=O) groups is 1. The van der Waals surface area contributed by atoms with Crippen LogP contribution in [0.1, 0.15) is 16.1 Å². The molecule has 0 bridgehead atoms. The summed E-state index contributed by atoms with van der Waals surface area (Å²) in [6.07, 6.45) is 0. The highest BCUT2D eigenvalue weighted by atomic mass is 35.5. The number of pyridine rings is 1. The fraction of sp³-hybridized carbons (Fsp3) is 0.125. The van der Waals surface area contributed by atoms with Gasteiger partial charge in [-0.05, 0) is 12.1 Å². The predicted molar refractivity (Wildman–Crippen MR) is 45.3 cm³/mol. The summed E-state index contributed by atoms with van der Waals surface area (Å²) in [5.74, 6) is -0.568. The minimum Gasteiger partial charge on any atom is -0.465 e. The summed E-state index contributed by atoms with van der Waals surface area (Å²) in [6.45, 7) is 0. The van der Waals surface area contributed by atoms with E-state index >= 15 is 0 Å². The van der Waals surface area contributed by atoms with E-state index in [1.165, 1.54) is 19.2 Å². The van der Waals surface area contributed by atoms with Crippen LogP contribution < -0.4 is 0 Å². The van der Waals surface area contributed by atoms with E-state index in [1.807, 2.05) is 0 Å². The maximum absolute atomic E-state index is 11.0. The van der Waals surface area contributed by atoms with Crippen molar-refractivity contribution in [1.29, 1.82) is 5.26 Å². The van der Waals surface area contributed by atoms with Crippen LogP contribution in [0.5, 0.6) is 0 Å². The highest BCUT2D eigenvalue weighted by molar-refractivity contribution is 6.32. The van der Waals surface area contributed by atoms with Gasteiger partial charge >= 0.3 is 5.97 Å². The molecule has 0 saturated heterocycles. The molecule has 0 saturated carbocycles. The van der Waals surface area contributed by atoms with Gasteiger partial charge in [0.05, 0.1) is 12.7 Å². The number of hydrogen-bond acceptors (Lipinski definition) is 4. The van der Waals surface area contributed by atoms with Crippen LogP contribution in [-0.2, 0) is 4.74 Å². The summed E-state index contributed by atoms with van der Waals surface area (Å²) in [6, 6.07) is 4.61. The number of methoxy groups -OCH3 is 1. The molecule has 0 amide bonds. The Morgan fingerprint density at radius 2 is 2.38 bits per heavy atom. The monoisotopic (exact) mass is 196 g/mol. The molecule has 1 aromatic rings. The molecular weight excluding hydrogens is 192 g/mol. The van der Waals surface area contributed by atoms with Gasteiger partial charge in [-0.25, -0.2) is 9.78 Å². The fourth-order valence-electron chi connectivity index (χ4n) is 0.759. The number of carbonyl (C=O) groups excluding carboxylic acids is 1. The van der Waals surface area contributed by atoms with Gasteiger partial charge in [0.25, 0.3) is 0 Å². The minimum absolute atomic E-state index is 0.0223. The summed E-state index contributed by atoms with van der Waals surface area (Å²) < 4.78 is 4.44. The first-order chi connectivity index (χ1) is 6.19. The van der Waals surface area contributed by atoms with E-state index in [2.05, 4.69) is 9.72 Å². The normalized spacial score (nSPS) is 9.00. The number of nitrogens with zero attached hydrogens (tertiary/aromatic N) is 2. The van der Waals surface area contributed by atoms with Crippen LogP contribution in [0.15, 0.2) is 12.1 Å². The Balaban J connectivity index is 3.14. The van der Waals surface area contributed by atoms with E-state index in [0.29, 0.717) is 0 Å².